The van der Waals surface area contributed by atoms with E-state index in [1.807, 2.05) is 37.3 Å². The lowest BCUT2D eigenvalue weighted by Gasteiger charge is -2.27. The largest absolute Gasteiger partial charge is 0.385 e. The van der Waals surface area contributed by atoms with Crippen LogP contribution < -0.4 is 16.0 Å². The van der Waals surface area contributed by atoms with Gasteiger partial charge in [-0.3, -0.25) is 0 Å². The van der Waals surface area contributed by atoms with Crippen LogP contribution in [0.4, 0.5) is 17.3 Å². The molecule has 1 aromatic carbocycles. The molecule has 1 fully saturated rings. The standard InChI is InChI=1S/C25H26N8/c1-17-3-2-4-21(30-17)25-28-12-10-23(33-25)31-22-9-11-27-24(32-22)13-18-5-7-20(8-6-18)29-16-19-14-26-15-19/h2-12,19,26,29H,13-16H2,1H3,(H,27,28,31,32,33). The highest BCUT2D eigenvalue weighted by Gasteiger charge is 2.15. The van der Waals surface area contributed by atoms with Crippen LogP contribution in [0.5, 0.6) is 0 Å². The molecule has 4 aromatic rings. The number of hydrogen-bond acceptors (Lipinski definition) is 8. The number of nitrogens with one attached hydrogen (secondary N) is 3. The number of aryl methyl sites for hydroxylation is 1. The normalized spacial score (nSPS) is 13.4. The number of aromatic nitrogens is 5. The summed E-state index contributed by atoms with van der Waals surface area (Å²) in [6.07, 6.45) is 4.13. The number of nitrogens with zero attached hydrogens (tertiary/aromatic N) is 5. The second kappa shape index (κ2) is 9.70. The molecule has 8 nitrogen and oxygen atoms in total. The Labute approximate surface area is 193 Å². The predicted octanol–water partition coefficient (Wildman–Crippen LogP) is 3.60. The van der Waals surface area contributed by atoms with Gasteiger partial charge in [-0.1, -0.05) is 18.2 Å². The third kappa shape index (κ3) is 5.48. The molecule has 0 unspecified atom stereocenters. The van der Waals surface area contributed by atoms with E-state index in [1.165, 1.54) is 0 Å². The van der Waals surface area contributed by atoms with Gasteiger partial charge in [0.25, 0.3) is 0 Å². The zero-order chi connectivity index (χ0) is 22.5. The molecule has 5 rings (SSSR count). The van der Waals surface area contributed by atoms with Crippen molar-refractivity contribution < 1.29 is 0 Å². The zero-order valence-electron chi connectivity index (χ0n) is 18.5. The first-order chi connectivity index (χ1) is 16.2. The van der Waals surface area contributed by atoms with Gasteiger partial charge in [-0.05, 0) is 48.9 Å². The highest BCUT2D eigenvalue weighted by molar-refractivity contribution is 5.56. The Balaban J connectivity index is 1.23. The van der Waals surface area contributed by atoms with Gasteiger partial charge in [0.05, 0.1) is 0 Å². The number of rotatable bonds is 8. The zero-order valence-corrected chi connectivity index (χ0v) is 18.5. The Bertz CT molecular complexity index is 1220. The molecule has 3 aromatic heterocycles. The summed E-state index contributed by atoms with van der Waals surface area (Å²) in [4.78, 5) is 22.5. The third-order valence-electron chi connectivity index (χ3n) is 5.51. The Morgan fingerprint density at radius 2 is 1.67 bits per heavy atom. The van der Waals surface area contributed by atoms with E-state index in [2.05, 4.69) is 65.1 Å². The lowest BCUT2D eigenvalue weighted by atomic mass is 10.0. The minimum atomic E-state index is 0.570. The van der Waals surface area contributed by atoms with E-state index < -0.39 is 0 Å². The molecule has 3 N–H and O–H groups in total. The fraction of sp³-hybridized carbons (Fsp3) is 0.240. The highest BCUT2D eigenvalue weighted by Crippen LogP contribution is 2.18. The van der Waals surface area contributed by atoms with Crippen LogP contribution in [0.2, 0.25) is 0 Å². The molecule has 33 heavy (non-hydrogen) atoms. The molecular weight excluding hydrogens is 412 g/mol. The molecule has 0 radical (unpaired) electrons. The maximum Gasteiger partial charge on any atom is 0.180 e. The van der Waals surface area contributed by atoms with E-state index in [0.29, 0.717) is 23.9 Å². The monoisotopic (exact) mass is 438 g/mol. The van der Waals surface area contributed by atoms with Gasteiger partial charge in [-0.15, -0.1) is 0 Å². The number of anilines is 3. The summed E-state index contributed by atoms with van der Waals surface area (Å²) in [6, 6.07) is 17.9. The van der Waals surface area contributed by atoms with E-state index in [0.717, 1.165) is 54.0 Å². The molecule has 4 heterocycles. The van der Waals surface area contributed by atoms with Crippen molar-refractivity contribution in [2.75, 3.05) is 30.3 Å². The van der Waals surface area contributed by atoms with Gasteiger partial charge in [0.1, 0.15) is 23.2 Å². The van der Waals surface area contributed by atoms with Crippen LogP contribution in [0.1, 0.15) is 17.1 Å². The molecule has 1 aliphatic rings. The molecule has 0 saturated carbocycles. The maximum atomic E-state index is 4.66. The molecule has 0 aliphatic carbocycles. The summed E-state index contributed by atoms with van der Waals surface area (Å²) < 4.78 is 0. The van der Waals surface area contributed by atoms with Crippen LogP contribution in [0.25, 0.3) is 11.5 Å². The SMILES string of the molecule is Cc1cccc(-c2nccc(Nc3ccnc(Cc4ccc(NCC5CNC5)cc4)n3)n2)n1. The van der Waals surface area contributed by atoms with Crippen molar-refractivity contribution in [2.45, 2.75) is 13.3 Å². The fourth-order valence-electron chi connectivity index (χ4n) is 3.58. The van der Waals surface area contributed by atoms with Crippen molar-refractivity contribution in [2.24, 2.45) is 5.92 Å². The first-order valence-electron chi connectivity index (χ1n) is 11.1. The number of hydrogen-bond donors (Lipinski definition) is 3. The first-order valence-corrected chi connectivity index (χ1v) is 11.1. The Morgan fingerprint density at radius 3 is 2.42 bits per heavy atom. The van der Waals surface area contributed by atoms with E-state index in [4.69, 9.17) is 0 Å². The van der Waals surface area contributed by atoms with E-state index in [9.17, 15) is 0 Å². The van der Waals surface area contributed by atoms with Gasteiger partial charge in [0.15, 0.2) is 5.82 Å². The van der Waals surface area contributed by atoms with Crippen LogP contribution in [0, 0.1) is 12.8 Å². The summed E-state index contributed by atoms with van der Waals surface area (Å²) in [5, 5.41) is 10.0. The van der Waals surface area contributed by atoms with Crippen molar-refractivity contribution in [1.82, 2.24) is 30.2 Å². The summed E-state index contributed by atoms with van der Waals surface area (Å²) in [7, 11) is 0. The Morgan fingerprint density at radius 1 is 0.879 bits per heavy atom. The molecule has 8 heteroatoms. The lowest BCUT2D eigenvalue weighted by molar-refractivity contribution is 0.365. The maximum absolute atomic E-state index is 4.66. The Hall–Kier alpha value is -3.91. The topological polar surface area (TPSA) is 101 Å². The second-order valence-electron chi connectivity index (χ2n) is 8.19. The summed E-state index contributed by atoms with van der Waals surface area (Å²) >= 11 is 0. The van der Waals surface area contributed by atoms with Crippen LogP contribution >= 0.6 is 0 Å². The predicted molar refractivity (Wildman–Crippen MR) is 129 cm³/mol. The van der Waals surface area contributed by atoms with Gasteiger partial charge >= 0.3 is 0 Å². The average Bonchev–Trinajstić information content (AvgIpc) is 2.80. The average molecular weight is 439 g/mol. The minimum absolute atomic E-state index is 0.570. The molecule has 0 bridgehead atoms. The van der Waals surface area contributed by atoms with Gasteiger partial charge in [0, 0.05) is 55.7 Å². The number of pyridine rings is 1. The highest BCUT2D eigenvalue weighted by atomic mass is 15.1. The van der Waals surface area contributed by atoms with Crippen molar-refractivity contribution in [3.05, 3.63) is 84.1 Å². The third-order valence-corrected chi connectivity index (χ3v) is 5.51. The van der Waals surface area contributed by atoms with Gasteiger partial charge in [0.2, 0.25) is 0 Å². The van der Waals surface area contributed by atoms with Crippen LogP contribution in [0.3, 0.4) is 0 Å². The van der Waals surface area contributed by atoms with Gasteiger partial charge in [-0.25, -0.2) is 24.9 Å². The van der Waals surface area contributed by atoms with Crippen LogP contribution in [0.15, 0.2) is 67.0 Å². The quantitative estimate of drug-likeness (QED) is 0.384. The summed E-state index contributed by atoms with van der Waals surface area (Å²) in [6.45, 7) is 5.16. The van der Waals surface area contributed by atoms with Crippen molar-refractivity contribution in [3.8, 4) is 11.5 Å². The molecule has 0 spiro atoms. The van der Waals surface area contributed by atoms with Crippen molar-refractivity contribution in [3.63, 3.8) is 0 Å². The summed E-state index contributed by atoms with van der Waals surface area (Å²) in [5.41, 5.74) is 3.97. The lowest BCUT2D eigenvalue weighted by Crippen LogP contribution is -2.45. The molecule has 1 saturated heterocycles. The van der Waals surface area contributed by atoms with Gasteiger partial charge < -0.3 is 16.0 Å². The molecule has 0 amide bonds. The van der Waals surface area contributed by atoms with E-state index in [-0.39, 0.29) is 0 Å². The Kier molecular flexibility index (Phi) is 6.16. The van der Waals surface area contributed by atoms with E-state index >= 15 is 0 Å². The van der Waals surface area contributed by atoms with Crippen molar-refractivity contribution >= 4 is 17.3 Å². The van der Waals surface area contributed by atoms with Crippen molar-refractivity contribution in [1.29, 1.82) is 0 Å². The van der Waals surface area contributed by atoms with Crippen LogP contribution in [-0.2, 0) is 6.42 Å². The molecule has 0 atom stereocenters. The molecular formula is C25H26N8. The van der Waals surface area contributed by atoms with Crippen LogP contribution in [-0.4, -0.2) is 44.6 Å². The minimum Gasteiger partial charge on any atom is -0.385 e. The van der Waals surface area contributed by atoms with Gasteiger partial charge in [-0.2, -0.15) is 0 Å². The second-order valence-corrected chi connectivity index (χ2v) is 8.19. The number of benzene rings is 1. The smallest absolute Gasteiger partial charge is 0.180 e. The fourth-order valence-corrected chi connectivity index (χ4v) is 3.58. The summed E-state index contributed by atoms with van der Waals surface area (Å²) in [5.74, 6) is 3.39. The molecule has 166 valence electrons. The van der Waals surface area contributed by atoms with E-state index in [1.54, 1.807) is 12.4 Å². The molecule has 1 aliphatic heterocycles. The first kappa shape index (κ1) is 21.0.